The number of hydrogen-bond donors (Lipinski definition) is 3. The first-order valence-electron chi connectivity index (χ1n) is 7.01. The molecule has 1 aromatic carbocycles. The topological polar surface area (TPSA) is 114 Å². The smallest absolute Gasteiger partial charge is 0.293 e. The number of carbonyl (C=O) groups excluding carboxylic acids is 1. The first kappa shape index (κ1) is 16.2. The molecule has 0 saturated heterocycles. The number of benzene rings is 1. The van der Waals surface area contributed by atoms with E-state index in [-0.39, 0.29) is 42.0 Å². The second-order valence-corrected chi connectivity index (χ2v) is 5.23. The van der Waals surface area contributed by atoms with Crippen LogP contribution in [0.3, 0.4) is 0 Å². The summed E-state index contributed by atoms with van der Waals surface area (Å²) in [5.74, 6) is -0.309. The molecule has 1 saturated carbocycles. The average molecular weight is 309 g/mol. The number of rotatable bonds is 8. The average Bonchev–Trinajstić information content (AvgIpc) is 3.29. The number of aliphatic hydroxyl groups excluding tert-OH is 1. The summed E-state index contributed by atoms with van der Waals surface area (Å²) in [4.78, 5) is 22.5. The van der Waals surface area contributed by atoms with Crippen molar-refractivity contribution < 1.29 is 19.6 Å². The van der Waals surface area contributed by atoms with E-state index in [0.29, 0.717) is 0 Å². The van der Waals surface area contributed by atoms with Crippen molar-refractivity contribution in [2.45, 2.75) is 25.0 Å². The van der Waals surface area contributed by atoms with Gasteiger partial charge in [-0.05, 0) is 25.0 Å². The predicted octanol–water partition coefficient (Wildman–Crippen LogP) is 0.906. The number of nitrogens with one attached hydrogen (secondary N) is 2. The monoisotopic (exact) mass is 309 g/mol. The van der Waals surface area contributed by atoms with Gasteiger partial charge in [-0.1, -0.05) is 0 Å². The maximum Gasteiger partial charge on any atom is 0.293 e. The molecular formula is C14H19N3O5. The van der Waals surface area contributed by atoms with Crippen LogP contribution >= 0.6 is 0 Å². The minimum absolute atomic E-state index is 0.113. The molecule has 1 amide bonds. The Morgan fingerprint density at radius 3 is 2.86 bits per heavy atom. The zero-order chi connectivity index (χ0) is 16.1. The Morgan fingerprint density at radius 1 is 1.55 bits per heavy atom. The Hall–Kier alpha value is -2.19. The van der Waals surface area contributed by atoms with Gasteiger partial charge in [0.2, 0.25) is 0 Å². The second-order valence-electron chi connectivity index (χ2n) is 5.23. The Morgan fingerprint density at radius 2 is 2.27 bits per heavy atom. The SMILES string of the molecule is COCC(O)CNc1ccc(C(=O)NC2CC2)cc1[N+](=O)[O-]. The van der Waals surface area contributed by atoms with Crippen molar-refractivity contribution in [3.8, 4) is 0 Å². The van der Waals surface area contributed by atoms with E-state index in [2.05, 4.69) is 10.6 Å². The second kappa shape index (κ2) is 7.19. The van der Waals surface area contributed by atoms with Crippen LogP contribution in [0, 0.1) is 10.1 Å². The van der Waals surface area contributed by atoms with E-state index in [0.717, 1.165) is 12.8 Å². The Balaban J connectivity index is 2.09. The molecular weight excluding hydrogens is 290 g/mol. The van der Waals surface area contributed by atoms with Gasteiger partial charge in [0.05, 0.1) is 17.6 Å². The lowest BCUT2D eigenvalue weighted by atomic mass is 10.1. The largest absolute Gasteiger partial charge is 0.389 e. The molecule has 0 heterocycles. The van der Waals surface area contributed by atoms with Crippen molar-refractivity contribution in [2.75, 3.05) is 25.6 Å². The molecule has 0 aromatic heterocycles. The summed E-state index contributed by atoms with van der Waals surface area (Å²) in [6.07, 6.45) is 1.12. The maximum atomic E-state index is 11.9. The quantitative estimate of drug-likeness (QED) is 0.486. The fourth-order valence-electron chi connectivity index (χ4n) is 1.95. The third kappa shape index (κ3) is 4.40. The van der Waals surface area contributed by atoms with Gasteiger partial charge < -0.3 is 20.5 Å². The lowest BCUT2D eigenvalue weighted by molar-refractivity contribution is -0.384. The number of amides is 1. The van der Waals surface area contributed by atoms with Crippen molar-refractivity contribution in [3.05, 3.63) is 33.9 Å². The van der Waals surface area contributed by atoms with Crippen molar-refractivity contribution in [1.82, 2.24) is 5.32 Å². The van der Waals surface area contributed by atoms with E-state index in [1.54, 1.807) is 0 Å². The number of aliphatic hydroxyl groups is 1. The fourth-order valence-corrected chi connectivity index (χ4v) is 1.95. The zero-order valence-corrected chi connectivity index (χ0v) is 12.2. The highest BCUT2D eigenvalue weighted by atomic mass is 16.6. The van der Waals surface area contributed by atoms with E-state index < -0.39 is 11.0 Å². The van der Waals surface area contributed by atoms with Gasteiger partial charge in [0, 0.05) is 31.3 Å². The summed E-state index contributed by atoms with van der Waals surface area (Å²) >= 11 is 0. The molecule has 22 heavy (non-hydrogen) atoms. The maximum absolute atomic E-state index is 11.9. The van der Waals surface area contributed by atoms with Crippen LogP contribution in [0.5, 0.6) is 0 Å². The lowest BCUT2D eigenvalue weighted by Crippen LogP contribution is -2.26. The number of nitro groups is 1. The fraction of sp³-hybridized carbons (Fsp3) is 0.500. The molecule has 1 fully saturated rings. The van der Waals surface area contributed by atoms with Crippen LogP contribution < -0.4 is 10.6 Å². The van der Waals surface area contributed by atoms with Crippen LogP contribution in [-0.4, -0.2) is 48.3 Å². The Labute approximate surface area is 127 Å². The lowest BCUT2D eigenvalue weighted by Gasteiger charge is -2.12. The summed E-state index contributed by atoms with van der Waals surface area (Å²) < 4.78 is 4.79. The van der Waals surface area contributed by atoms with Gasteiger partial charge in [-0.3, -0.25) is 14.9 Å². The predicted molar refractivity (Wildman–Crippen MR) is 80.0 cm³/mol. The molecule has 0 aliphatic heterocycles. The van der Waals surface area contributed by atoms with Gasteiger partial charge in [0.15, 0.2) is 0 Å². The van der Waals surface area contributed by atoms with Crippen LogP contribution in [-0.2, 0) is 4.74 Å². The summed E-state index contributed by atoms with van der Waals surface area (Å²) in [5.41, 5.74) is 0.303. The number of nitrogens with zero attached hydrogens (tertiary/aromatic N) is 1. The number of carbonyl (C=O) groups is 1. The Bertz CT molecular complexity index is 559. The number of nitro benzene ring substituents is 1. The normalized spacial score (nSPS) is 15.2. The van der Waals surface area contributed by atoms with E-state index in [4.69, 9.17) is 4.74 Å². The van der Waals surface area contributed by atoms with E-state index in [1.807, 2.05) is 0 Å². The molecule has 2 rings (SSSR count). The van der Waals surface area contributed by atoms with E-state index >= 15 is 0 Å². The van der Waals surface area contributed by atoms with Crippen LogP contribution in [0.4, 0.5) is 11.4 Å². The van der Waals surface area contributed by atoms with E-state index in [1.165, 1.54) is 25.3 Å². The van der Waals surface area contributed by atoms with Crippen molar-refractivity contribution in [2.24, 2.45) is 0 Å². The third-order valence-electron chi connectivity index (χ3n) is 3.26. The van der Waals surface area contributed by atoms with Gasteiger partial charge in [-0.15, -0.1) is 0 Å². The number of ether oxygens (including phenoxy) is 1. The Kier molecular flexibility index (Phi) is 5.29. The number of methoxy groups -OCH3 is 1. The molecule has 8 heteroatoms. The molecule has 0 bridgehead atoms. The highest BCUT2D eigenvalue weighted by molar-refractivity contribution is 5.96. The van der Waals surface area contributed by atoms with Gasteiger partial charge in [-0.25, -0.2) is 0 Å². The van der Waals surface area contributed by atoms with Crippen LogP contribution in [0.15, 0.2) is 18.2 Å². The molecule has 1 aliphatic carbocycles. The van der Waals surface area contributed by atoms with Gasteiger partial charge in [0.1, 0.15) is 5.69 Å². The van der Waals surface area contributed by atoms with Gasteiger partial charge in [-0.2, -0.15) is 0 Å². The van der Waals surface area contributed by atoms with Gasteiger partial charge in [0.25, 0.3) is 11.6 Å². The summed E-state index contributed by atoms with van der Waals surface area (Å²) in [7, 11) is 1.46. The third-order valence-corrected chi connectivity index (χ3v) is 3.26. The van der Waals surface area contributed by atoms with Crippen LogP contribution in [0.25, 0.3) is 0 Å². The molecule has 1 unspecified atom stereocenters. The zero-order valence-electron chi connectivity index (χ0n) is 12.2. The molecule has 1 atom stereocenters. The minimum atomic E-state index is -0.776. The highest BCUT2D eigenvalue weighted by Crippen LogP contribution is 2.26. The molecule has 3 N–H and O–H groups in total. The van der Waals surface area contributed by atoms with Crippen LogP contribution in [0.1, 0.15) is 23.2 Å². The molecule has 0 spiro atoms. The van der Waals surface area contributed by atoms with Crippen molar-refractivity contribution in [1.29, 1.82) is 0 Å². The van der Waals surface area contributed by atoms with Gasteiger partial charge >= 0.3 is 0 Å². The molecule has 1 aromatic rings. The summed E-state index contributed by atoms with van der Waals surface area (Å²) in [6.45, 7) is 0.241. The number of hydrogen-bond acceptors (Lipinski definition) is 6. The highest BCUT2D eigenvalue weighted by Gasteiger charge is 2.25. The van der Waals surface area contributed by atoms with E-state index in [9.17, 15) is 20.0 Å². The molecule has 0 radical (unpaired) electrons. The standard InChI is InChI=1S/C14H19N3O5/c1-22-8-11(18)7-15-12-5-2-9(6-13(12)17(20)21)14(19)16-10-3-4-10/h2,5-6,10-11,15,18H,3-4,7-8H2,1H3,(H,16,19). The summed E-state index contributed by atoms with van der Waals surface area (Å²) in [6, 6.07) is 4.42. The molecule has 120 valence electrons. The molecule has 1 aliphatic rings. The first-order valence-corrected chi connectivity index (χ1v) is 7.01. The molecule has 8 nitrogen and oxygen atoms in total. The minimum Gasteiger partial charge on any atom is -0.389 e. The number of anilines is 1. The first-order chi connectivity index (χ1) is 10.5. The van der Waals surface area contributed by atoms with Crippen molar-refractivity contribution in [3.63, 3.8) is 0 Å². The van der Waals surface area contributed by atoms with Crippen LogP contribution in [0.2, 0.25) is 0 Å². The van der Waals surface area contributed by atoms with Crippen molar-refractivity contribution >= 4 is 17.3 Å². The summed E-state index contributed by atoms with van der Waals surface area (Å²) in [5, 5.41) is 26.3.